The summed E-state index contributed by atoms with van der Waals surface area (Å²) >= 11 is 15.4. The lowest BCUT2D eigenvalue weighted by Crippen LogP contribution is -2.13. The highest BCUT2D eigenvalue weighted by Gasteiger charge is 2.14. The van der Waals surface area contributed by atoms with Crippen molar-refractivity contribution in [2.75, 3.05) is 5.32 Å². The number of nitrogens with zero attached hydrogens (tertiary/aromatic N) is 1. The molecule has 2 aromatic carbocycles. The monoisotopic (exact) mass is 460 g/mol. The minimum atomic E-state index is -0.609. The van der Waals surface area contributed by atoms with Gasteiger partial charge in [-0.25, -0.2) is 0 Å². The molecular formula is C20H11BrCl2N2O2. The van der Waals surface area contributed by atoms with Crippen LogP contribution in [-0.2, 0) is 4.79 Å². The third kappa shape index (κ3) is 4.61. The van der Waals surface area contributed by atoms with Crippen LogP contribution in [-0.4, -0.2) is 5.91 Å². The fourth-order valence-corrected chi connectivity index (χ4v) is 3.06. The first-order valence-electron chi connectivity index (χ1n) is 7.71. The van der Waals surface area contributed by atoms with E-state index in [1.807, 2.05) is 30.3 Å². The van der Waals surface area contributed by atoms with Crippen LogP contribution >= 0.6 is 39.1 Å². The smallest absolute Gasteiger partial charge is 0.266 e. The molecule has 1 amide bonds. The SMILES string of the molecule is N#C/C(=C/c1ccc(-c2cccc(Br)c2)o1)C(=O)Nc1cccc(Cl)c1Cl. The Kier molecular flexibility index (Phi) is 6.02. The molecule has 27 heavy (non-hydrogen) atoms. The summed E-state index contributed by atoms with van der Waals surface area (Å²) in [6.45, 7) is 0. The van der Waals surface area contributed by atoms with Crippen molar-refractivity contribution in [1.82, 2.24) is 0 Å². The number of halogens is 3. The molecule has 134 valence electrons. The van der Waals surface area contributed by atoms with Crippen molar-refractivity contribution >= 4 is 56.8 Å². The van der Waals surface area contributed by atoms with Gasteiger partial charge in [0.15, 0.2) is 0 Å². The van der Waals surface area contributed by atoms with Gasteiger partial charge in [-0.3, -0.25) is 4.79 Å². The normalized spacial score (nSPS) is 11.1. The summed E-state index contributed by atoms with van der Waals surface area (Å²) < 4.78 is 6.65. The van der Waals surface area contributed by atoms with Gasteiger partial charge in [-0.1, -0.05) is 57.3 Å². The van der Waals surface area contributed by atoms with Crippen LogP contribution in [0.5, 0.6) is 0 Å². The standard InChI is InChI=1S/C20H11BrCl2N2O2/c21-14-4-1-3-12(9-14)18-8-7-15(27-18)10-13(11-24)20(26)25-17-6-2-5-16(22)19(17)23/h1-10H,(H,25,26)/b13-10-. The van der Waals surface area contributed by atoms with Gasteiger partial charge >= 0.3 is 0 Å². The molecule has 0 bridgehead atoms. The molecule has 0 radical (unpaired) electrons. The number of carbonyl (C=O) groups is 1. The van der Waals surface area contributed by atoms with E-state index in [0.717, 1.165) is 10.0 Å². The first-order valence-corrected chi connectivity index (χ1v) is 9.26. The number of nitrogens with one attached hydrogen (secondary N) is 1. The van der Waals surface area contributed by atoms with Crippen molar-refractivity contribution in [2.45, 2.75) is 0 Å². The molecule has 0 saturated heterocycles. The summed E-state index contributed by atoms with van der Waals surface area (Å²) in [5, 5.41) is 12.4. The Morgan fingerprint density at radius 3 is 2.67 bits per heavy atom. The molecular weight excluding hydrogens is 451 g/mol. The number of carbonyl (C=O) groups excluding carboxylic acids is 1. The minimum absolute atomic E-state index is 0.124. The maximum Gasteiger partial charge on any atom is 0.266 e. The van der Waals surface area contributed by atoms with Crippen LogP contribution in [0.15, 0.2) is 69.1 Å². The zero-order chi connectivity index (χ0) is 19.4. The average molecular weight is 462 g/mol. The number of anilines is 1. The topological polar surface area (TPSA) is 66.0 Å². The van der Waals surface area contributed by atoms with E-state index in [4.69, 9.17) is 27.6 Å². The van der Waals surface area contributed by atoms with E-state index in [1.165, 1.54) is 6.08 Å². The second-order valence-electron chi connectivity index (χ2n) is 5.44. The Bertz CT molecular complexity index is 1080. The Hall–Kier alpha value is -2.52. The number of benzene rings is 2. The number of amides is 1. The lowest BCUT2D eigenvalue weighted by atomic mass is 10.2. The van der Waals surface area contributed by atoms with Crippen LogP contribution in [0, 0.1) is 11.3 Å². The molecule has 0 unspecified atom stereocenters. The van der Waals surface area contributed by atoms with E-state index in [2.05, 4.69) is 21.2 Å². The number of hydrogen-bond acceptors (Lipinski definition) is 3. The van der Waals surface area contributed by atoms with E-state index in [0.29, 0.717) is 22.2 Å². The maximum atomic E-state index is 12.4. The van der Waals surface area contributed by atoms with Crippen LogP contribution in [0.4, 0.5) is 5.69 Å². The lowest BCUT2D eigenvalue weighted by molar-refractivity contribution is -0.112. The molecule has 4 nitrogen and oxygen atoms in total. The van der Waals surface area contributed by atoms with Crippen molar-refractivity contribution in [3.63, 3.8) is 0 Å². The molecule has 1 N–H and O–H groups in total. The number of hydrogen-bond donors (Lipinski definition) is 1. The van der Waals surface area contributed by atoms with Gasteiger partial charge in [0.25, 0.3) is 5.91 Å². The number of rotatable bonds is 4. The fourth-order valence-electron chi connectivity index (χ4n) is 2.31. The maximum absolute atomic E-state index is 12.4. The van der Waals surface area contributed by atoms with E-state index in [-0.39, 0.29) is 10.6 Å². The van der Waals surface area contributed by atoms with Crippen molar-refractivity contribution in [3.8, 4) is 17.4 Å². The Balaban J connectivity index is 1.83. The molecule has 3 aromatic rings. The zero-order valence-electron chi connectivity index (χ0n) is 13.7. The Morgan fingerprint density at radius 2 is 1.93 bits per heavy atom. The van der Waals surface area contributed by atoms with Crippen molar-refractivity contribution in [2.24, 2.45) is 0 Å². The molecule has 7 heteroatoms. The molecule has 0 spiro atoms. The molecule has 0 aliphatic heterocycles. The minimum Gasteiger partial charge on any atom is -0.457 e. The fraction of sp³-hybridized carbons (Fsp3) is 0. The first-order chi connectivity index (χ1) is 13.0. The second kappa shape index (κ2) is 8.45. The zero-order valence-corrected chi connectivity index (χ0v) is 16.8. The summed E-state index contributed by atoms with van der Waals surface area (Å²) in [7, 11) is 0. The summed E-state index contributed by atoms with van der Waals surface area (Å²) in [5.74, 6) is 0.397. The quantitative estimate of drug-likeness (QED) is 0.353. The summed E-state index contributed by atoms with van der Waals surface area (Å²) in [4.78, 5) is 12.4. The van der Waals surface area contributed by atoms with E-state index in [1.54, 1.807) is 30.3 Å². The van der Waals surface area contributed by atoms with Gasteiger partial charge in [0.05, 0.1) is 15.7 Å². The van der Waals surface area contributed by atoms with Gasteiger partial charge in [-0.2, -0.15) is 5.26 Å². The molecule has 0 atom stereocenters. The molecule has 1 heterocycles. The van der Waals surface area contributed by atoms with Crippen molar-refractivity contribution < 1.29 is 9.21 Å². The van der Waals surface area contributed by atoms with Gasteiger partial charge in [0.2, 0.25) is 0 Å². The molecule has 3 rings (SSSR count). The lowest BCUT2D eigenvalue weighted by Gasteiger charge is -2.07. The van der Waals surface area contributed by atoms with Crippen molar-refractivity contribution in [3.05, 3.63) is 80.4 Å². The van der Waals surface area contributed by atoms with Crippen LogP contribution in [0.3, 0.4) is 0 Å². The first kappa shape index (κ1) is 19.2. The van der Waals surface area contributed by atoms with Crippen LogP contribution in [0.2, 0.25) is 10.0 Å². The van der Waals surface area contributed by atoms with Gasteiger partial charge in [-0.15, -0.1) is 0 Å². The third-order valence-corrected chi connectivity index (χ3v) is 4.90. The number of furan rings is 1. The summed E-state index contributed by atoms with van der Waals surface area (Å²) in [6, 6.07) is 17.8. The van der Waals surface area contributed by atoms with E-state index < -0.39 is 5.91 Å². The summed E-state index contributed by atoms with van der Waals surface area (Å²) in [6.07, 6.45) is 1.37. The highest BCUT2D eigenvalue weighted by Crippen LogP contribution is 2.30. The highest BCUT2D eigenvalue weighted by atomic mass is 79.9. The van der Waals surface area contributed by atoms with Crippen molar-refractivity contribution in [1.29, 1.82) is 5.26 Å². The van der Waals surface area contributed by atoms with Crippen LogP contribution in [0.25, 0.3) is 17.4 Å². The third-order valence-electron chi connectivity index (χ3n) is 3.59. The highest BCUT2D eigenvalue weighted by molar-refractivity contribution is 9.10. The van der Waals surface area contributed by atoms with Gasteiger partial charge in [0, 0.05) is 16.1 Å². The second-order valence-corrected chi connectivity index (χ2v) is 7.14. The Labute approximate surface area is 174 Å². The Morgan fingerprint density at radius 1 is 1.15 bits per heavy atom. The molecule has 1 aromatic heterocycles. The molecule has 0 aliphatic carbocycles. The largest absolute Gasteiger partial charge is 0.457 e. The average Bonchev–Trinajstić information content (AvgIpc) is 3.12. The predicted octanol–water partition coefficient (Wildman–Crippen LogP) is 6.56. The molecule has 0 aliphatic rings. The van der Waals surface area contributed by atoms with Crippen LogP contribution in [0.1, 0.15) is 5.76 Å². The summed E-state index contributed by atoms with van der Waals surface area (Å²) in [5.41, 5.74) is 1.07. The van der Waals surface area contributed by atoms with Gasteiger partial charge in [0.1, 0.15) is 23.2 Å². The predicted molar refractivity (Wildman–Crippen MR) is 111 cm³/mol. The van der Waals surface area contributed by atoms with E-state index in [9.17, 15) is 10.1 Å². The van der Waals surface area contributed by atoms with Gasteiger partial charge in [-0.05, 0) is 36.4 Å². The van der Waals surface area contributed by atoms with E-state index >= 15 is 0 Å². The van der Waals surface area contributed by atoms with Gasteiger partial charge < -0.3 is 9.73 Å². The number of nitriles is 1. The molecule has 0 fully saturated rings. The van der Waals surface area contributed by atoms with Crippen LogP contribution < -0.4 is 5.32 Å². The molecule has 0 saturated carbocycles.